The van der Waals surface area contributed by atoms with Crippen molar-refractivity contribution >= 4 is 23.8 Å². The van der Waals surface area contributed by atoms with Crippen molar-refractivity contribution in [1.82, 2.24) is 4.98 Å². The molecule has 1 aromatic rings. The van der Waals surface area contributed by atoms with E-state index in [0.717, 1.165) is 0 Å². The minimum atomic E-state index is -1.75. The monoisotopic (exact) mass is 251 g/mol. The van der Waals surface area contributed by atoms with Gasteiger partial charge in [0.2, 0.25) is 0 Å². The quantitative estimate of drug-likeness (QED) is 0.442. The van der Waals surface area contributed by atoms with Crippen LogP contribution >= 0.6 is 0 Å². The van der Waals surface area contributed by atoms with Gasteiger partial charge in [-0.25, -0.2) is 4.79 Å². The third-order valence-electron chi connectivity index (χ3n) is 1.87. The molecule has 8 nitrogen and oxygen atoms in total. The third-order valence-corrected chi connectivity index (χ3v) is 1.87. The Labute approximate surface area is 98.8 Å². The lowest BCUT2D eigenvalue weighted by molar-refractivity contribution is -0.270. The Morgan fingerprint density at radius 2 is 1.94 bits per heavy atom. The summed E-state index contributed by atoms with van der Waals surface area (Å²) in [7, 11) is 0. The van der Waals surface area contributed by atoms with E-state index < -0.39 is 40.3 Å². The molecule has 0 aliphatic carbocycles. The Morgan fingerprint density at radius 3 is 2.39 bits per heavy atom. The fourth-order valence-corrected chi connectivity index (χ4v) is 1.04. The van der Waals surface area contributed by atoms with Crippen LogP contribution in [-0.4, -0.2) is 27.8 Å². The number of nitrogens with one attached hydrogen (secondary N) is 1. The number of hydrogen-bond acceptors (Lipinski definition) is 6. The number of carboxylic acids is 2. The second-order valence-corrected chi connectivity index (χ2v) is 3.08. The summed E-state index contributed by atoms with van der Waals surface area (Å²) in [5.74, 6) is -5.77. The molecule has 0 amide bonds. The van der Waals surface area contributed by atoms with Crippen LogP contribution in [0, 0.1) is 0 Å². The van der Waals surface area contributed by atoms with Crippen molar-refractivity contribution in [3.05, 3.63) is 33.8 Å². The van der Waals surface area contributed by atoms with Gasteiger partial charge in [0.15, 0.2) is 0 Å². The minimum Gasteiger partial charge on any atom is -0.872 e. The van der Waals surface area contributed by atoms with Gasteiger partial charge in [0, 0.05) is 5.56 Å². The highest BCUT2D eigenvalue weighted by molar-refractivity contribution is 6.38. The first-order valence-corrected chi connectivity index (χ1v) is 4.44. The molecule has 0 spiro atoms. The maximum atomic E-state index is 11.3. The van der Waals surface area contributed by atoms with Crippen molar-refractivity contribution in [1.29, 1.82) is 0 Å². The van der Waals surface area contributed by atoms with Crippen LogP contribution in [0.5, 0.6) is 5.75 Å². The summed E-state index contributed by atoms with van der Waals surface area (Å²) in [6, 6.07) is 0.599. The lowest BCUT2D eigenvalue weighted by Crippen LogP contribution is -2.27. The van der Waals surface area contributed by atoms with Gasteiger partial charge in [-0.15, -0.1) is 0 Å². The maximum absolute atomic E-state index is 11.3. The third kappa shape index (κ3) is 2.82. The van der Waals surface area contributed by atoms with Gasteiger partial charge in [0.1, 0.15) is 0 Å². The molecule has 0 aliphatic rings. The summed E-state index contributed by atoms with van der Waals surface area (Å²) >= 11 is 0. The molecule has 0 saturated heterocycles. The smallest absolute Gasteiger partial charge is 0.376 e. The molecule has 18 heavy (non-hydrogen) atoms. The highest BCUT2D eigenvalue weighted by Gasteiger charge is 2.07. The summed E-state index contributed by atoms with van der Waals surface area (Å²) in [6.07, 6.45) is 1.23. The summed E-state index contributed by atoms with van der Waals surface area (Å²) in [5, 5.41) is 30.0. The number of rotatable bonds is 4. The number of carbonyl (C=O) groups excluding carboxylic acids is 2. The molecule has 1 aromatic heterocycles. The van der Waals surface area contributed by atoms with Gasteiger partial charge >= 0.3 is 5.97 Å². The molecule has 0 aliphatic heterocycles. The minimum absolute atomic E-state index is 0.521. The van der Waals surface area contributed by atoms with Gasteiger partial charge in [-0.1, -0.05) is 5.75 Å². The van der Waals surface area contributed by atoms with Gasteiger partial charge in [0.05, 0.1) is 11.7 Å². The number of ketones is 1. The van der Waals surface area contributed by atoms with Crippen molar-refractivity contribution in [2.24, 2.45) is 0 Å². The number of carboxylic acid groups (broad SMARTS) is 2. The first kappa shape index (κ1) is 13.2. The van der Waals surface area contributed by atoms with Gasteiger partial charge in [0.25, 0.3) is 11.3 Å². The fourth-order valence-electron chi connectivity index (χ4n) is 1.04. The van der Waals surface area contributed by atoms with Crippen LogP contribution in [0.2, 0.25) is 0 Å². The molecule has 94 valence electrons. The van der Waals surface area contributed by atoms with Crippen LogP contribution < -0.4 is 15.8 Å². The van der Waals surface area contributed by atoms with E-state index in [1.54, 1.807) is 0 Å². The van der Waals surface area contributed by atoms with E-state index in [-0.39, 0.29) is 0 Å². The highest BCUT2D eigenvalue weighted by Crippen LogP contribution is 2.11. The molecule has 0 saturated carbocycles. The fraction of sp³-hybridized carbons (Fsp3) is 0. The van der Waals surface area contributed by atoms with Crippen LogP contribution in [0.3, 0.4) is 0 Å². The molecule has 8 heteroatoms. The number of hydrogen-bond donors (Lipinski definition) is 2. The Hall–Kier alpha value is -2.90. The van der Waals surface area contributed by atoms with Crippen molar-refractivity contribution in [3.63, 3.8) is 0 Å². The van der Waals surface area contributed by atoms with Crippen LogP contribution in [0.1, 0.15) is 16.1 Å². The highest BCUT2D eigenvalue weighted by atomic mass is 16.4. The average molecular weight is 251 g/mol. The normalized spacial score (nSPS) is 10.4. The summed E-state index contributed by atoms with van der Waals surface area (Å²) < 4.78 is 0. The number of aromatic amines is 1. The van der Waals surface area contributed by atoms with E-state index in [9.17, 15) is 29.4 Å². The lowest BCUT2D eigenvalue weighted by atomic mass is 10.2. The van der Waals surface area contributed by atoms with Gasteiger partial charge < -0.3 is 25.1 Å². The van der Waals surface area contributed by atoms with Gasteiger partial charge in [-0.2, -0.15) is 0 Å². The topological polar surface area (TPSA) is 150 Å². The largest absolute Gasteiger partial charge is 0.872 e. The van der Waals surface area contributed by atoms with Crippen LogP contribution in [0.25, 0.3) is 6.08 Å². The summed E-state index contributed by atoms with van der Waals surface area (Å²) in [6.45, 7) is 0. The van der Waals surface area contributed by atoms with E-state index in [1.807, 2.05) is 4.98 Å². The molecule has 0 atom stereocenters. The van der Waals surface area contributed by atoms with Crippen molar-refractivity contribution in [2.45, 2.75) is 0 Å². The van der Waals surface area contributed by atoms with E-state index in [1.165, 1.54) is 0 Å². The lowest BCUT2D eigenvalue weighted by Gasteiger charge is -2.12. The molecule has 1 heterocycles. The predicted octanol–water partition coefficient (Wildman–Crippen LogP) is -2.52. The SMILES string of the molecule is O=C(O)C(=O)C=Cc1c([O-])cc(C(=O)[O-])[nH]c1=O. The molecule has 0 aromatic carbocycles. The molecule has 0 bridgehead atoms. The van der Waals surface area contributed by atoms with Crippen LogP contribution in [0.4, 0.5) is 0 Å². The predicted molar refractivity (Wildman–Crippen MR) is 52.5 cm³/mol. The Bertz CT molecular complexity index is 611. The van der Waals surface area contributed by atoms with Crippen LogP contribution in [0.15, 0.2) is 16.9 Å². The van der Waals surface area contributed by atoms with E-state index in [4.69, 9.17) is 5.11 Å². The summed E-state index contributed by atoms with van der Waals surface area (Å²) in [4.78, 5) is 44.4. The number of aliphatic carboxylic acids is 1. The number of pyridine rings is 1. The molecule has 0 fully saturated rings. The molecule has 0 unspecified atom stereocenters. The van der Waals surface area contributed by atoms with E-state index in [0.29, 0.717) is 18.2 Å². The van der Waals surface area contributed by atoms with Crippen LogP contribution in [-0.2, 0) is 9.59 Å². The molecule has 0 radical (unpaired) electrons. The van der Waals surface area contributed by atoms with Gasteiger partial charge in [-0.3, -0.25) is 9.59 Å². The van der Waals surface area contributed by atoms with E-state index >= 15 is 0 Å². The second-order valence-electron chi connectivity index (χ2n) is 3.08. The zero-order valence-electron chi connectivity index (χ0n) is 8.63. The molecule has 1 rings (SSSR count). The number of aromatic nitrogens is 1. The second kappa shape index (κ2) is 4.95. The molecular weight excluding hydrogens is 246 g/mol. The number of carbonyl (C=O) groups is 3. The first-order valence-electron chi connectivity index (χ1n) is 4.44. The maximum Gasteiger partial charge on any atom is 0.376 e. The van der Waals surface area contributed by atoms with E-state index in [2.05, 4.69) is 0 Å². The number of aromatic carboxylic acids is 1. The molecular formula is C10H5NO7-2. The van der Waals surface area contributed by atoms with Crippen molar-refractivity contribution in [2.75, 3.05) is 0 Å². The zero-order chi connectivity index (χ0) is 13.9. The van der Waals surface area contributed by atoms with Gasteiger partial charge in [-0.05, 0) is 18.2 Å². The summed E-state index contributed by atoms with van der Waals surface area (Å²) in [5.41, 5.74) is -2.31. The zero-order valence-corrected chi connectivity index (χ0v) is 8.63. The Morgan fingerprint density at radius 1 is 1.33 bits per heavy atom. The Balaban J connectivity index is 3.20. The standard InChI is InChI=1S/C10H7NO7/c12-6(10(17)18)2-1-4-7(13)3-5(9(15)16)11-8(4)14/h1-3H,(H,15,16)(H,17,18)(H2,11,13,14)/p-2. The molecule has 2 N–H and O–H groups in total. The van der Waals surface area contributed by atoms with Crippen molar-refractivity contribution < 1.29 is 29.7 Å². The number of H-pyrrole nitrogens is 1. The average Bonchev–Trinajstić information content (AvgIpc) is 2.26. The van der Waals surface area contributed by atoms with Crippen molar-refractivity contribution in [3.8, 4) is 5.75 Å². The Kier molecular flexibility index (Phi) is 3.62. The first-order chi connectivity index (χ1) is 8.32.